The van der Waals surface area contributed by atoms with Gasteiger partial charge < -0.3 is 10.2 Å². The number of hydrogen-bond donors (Lipinski definition) is 1. The van der Waals surface area contributed by atoms with Crippen molar-refractivity contribution in [2.24, 2.45) is 0 Å². The van der Waals surface area contributed by atoms with Crippen molar-refractivity contribution in [3.63, 3.8) is 0 Å². The predicted molar refractivity (Wildman–Crippen MR) is 82.9 cm³/mol. The van der Waals surface area contributed by atoms with E-state index in [2.05, 4.69) is 29.6 Å². The second-order valence-corrected chi connectivity index (χ2v) is 6.71. The Kier molecular flexibility index (Phi) is 4.32. The molecule has 2 atom stereocenters. The van der Waals surface area contributed by atoms with Gasteiger partial charge in [-0.2, -0.15) is 0 Å². The molecule has 1 fully saturated rings. The molecule has 3 nitrogen and oxygen atoms in total. The lowest BCUT2D eigenvalue weighted by Crippen LogP contribution is -2.38. The van der Waals surface area contributed by atoms with Gasteiger partial charge in [-0.1, -0.05) is 25.1 Å². The zero-order valence-corrected chi connectivity index (χ0v) is 12.8. The van der Waals surface area contributed by atoms with E-state index in [4.69, 9.17) is 0 Å². The van der Waals surface area contributed by atoms with Crippen LogP contribution in [0.1, 0.15) is 37.8 Å². The van der Waals surface area contributed by atoms with Gasteiger partial charge in [0.05, 0.1) is 0 Å². The van der Waals surface area contributed by atoms with Crippen molar-refractivity contribution in [2.45, 2.75) is 43.2 Å². The quantitative estimate of drug-likeness (QED) is 0.929. The Balaban J connectivity index is 1.64. The van der Waals surface area contributed by atoms with Gasteiger partial charge in [-0.3, -0.25) is 4.79 Å². The van der Waals surface area contributed by atoms with Crippen LogP contribution in [-0.4, -0.2) is 35.7 Å². The summed E-state index contributed by atoms with van der Waals surface area (Å²) in [6.45, 7) is 3.73. The fraction of sp³-hybridized carbons (Fsp3) is 0.562. The van der Waals surface area contributed by atoms with Gasteiger partial charge in [-0.25, -0.2) is 0 Å². The number of hydrogen-bond acceptors (Lipinski definition) is 3. The van der Waals surface area contributed by atoms with Crippen molar-refractivity contribution < 1.29 is 4.79 Å². The molecule has 0 aliphatic carbocycles. The molecule has 0 saturated carbocycles. The molecule has 2 aliphatic heterocycles. The minimum atomic E-state index is 0.286. The number of thioether (sulfide) groups is 1. The lowest BCUT2D eigenvalue weighted by atomic mass is 10.0. The molecule has 108 valence electrons. The maximum Gasteiger partial charge on any atom is 0.222 e. The first-order chi connectivity index (χ1) is 9.78. The molecule has 3 rings (SSSR count). The zero-order chi connectivity index (χ0) is 13.9. The molecule has 1 aromatic carbocycles. The average Bonchev–Trinajstić information content (AvgIpc) is 2.95. The summed E-state index contributed by atoms with van der Waals surface area (Å²) in [7, 11) is 0. The molecular formula is C16H22N2OS. The standard InChI is InChI=1S/C16H22N2OS/c1-2-16(19)18-9-7-12(11-18)17-14-8-10-20-15-6-4-3-5-13(14)15/h3-6,12,14,17H,2,7-11H2,1H3. The van der Waals surface area contributed by atoms with Crippen LogP contribution in [-0.2, 0) is 4.79 Å². The molecule has 1 aromatic rings. The summed E-state index contributed by atoms with van der Waals surface area (Å²) >= 11 is 1.95. The van der Waals surface area contributed by atoms with E-state index in [0.717, 1.165) is 19.5 Å². The third kappa shape index (κ3) is 2.86. The molecule has 2 unspecified atom stereocenters. The van der Waals surface area contributed by atoms with Gasteiger partial charge >= 0.3 is 0 Å². The maximum absolute atomic E-state index is 11.7. The molecule has 2 aliphatic rings. The summed E-state index contributed by atoms with van der Waals surface area (Å²) in [5.74, 6) is 1.47. The third-order valence-corrected chi connectivity index (χ3v) is 5.36. The highest BCUT2D eigenvalue weighted by Crippen LogP contribution is 2.36. The minimum Gasteiger partial charge on any atom is -0.341 e. The molecule has 0 bridgehead atoms. The Bertz CT molecular complexity index is 491. The highest BCUT2D eigenvalue weighted by atomic mass is 32.2. The zero-order valence-electron chi connectivity index (χ0n) is 12.0. The highest BCUT2D eigenvalue weighted by Gasteiger charge is 2.29. The average molecular weight is 290 g/mol. The molecule has 0 aromatic heterocycles. The van der Waals surface area contributed by atoms with Crippen molar-refractivity contribution in [3.05, 3.63) is 29.8 Å². The van der Waals surface area contributed by atoms with Gasteiger partial charge in [0.2, 0.25) is 5.91 Å². The van der Waals surface area contributed by atoms with Crippen LogP contribution in [0.3, 0.4) is 0 Å². The molecule has 2 heterocycles. The van der Waals surface area contributed by atoms with E-state index < -0.39 is 0 Å². The number of nitrogens with one attached hydrogen (secondary N) is 1. The van der Waals surface area contributed by atoms with Crippen molar-refractivity contribution in [1.29, 1.82) is 0 Å². The van der Waals surface area contributed by atoms with Crippen molar-refractivity contribution in [2.75, 3.05) is 18.8 Å². The van der Waals surface area contributed by atoms with E-state index in [9.17, 15) is 4.79 Å². The van der Waals surface area contributed by atoms with Crippen LogP contribution in [0.15, 0.2) is 29.2 Å². The molecule has 4 heteroatoms. The second kappa shape index (κ2) is 6.19. The summed E-state index contributed by atoms with van der Waals surface area (Å²) < 4.78 is 0. The molecule has 1 saturated heterocycles. The Labute approximate surface area is 125 Å². The summed E-state index contributed by atoms with van der Waals surface area (Å²) in [6.07, 6.45) is 2.88. The summed E-state index contributed by atoms with van der Waals surface area (Å²) in [6, 6.07) is 9.60. The number of carbonyl (C=O) groups excluding carboxylic acids is 1. The Morgan fingerprint density at radius 3 is 3.10 bits per heavy atom. The van der Waals surface area contributed by atoms with Gasteiger partial charge in [-0.05, 0) is 30.2 Å². The number of rotatable bonds is 3. The highest BCUT2D eigenvalue weighted by molar-refractivity contribution is 7.99. The Morgan fingerprint density at radius 1 is 1.40 bits per heavy atom. The number of amides is 1. The molecule has 20 heavy (non-hydrogen) atoms. The summed E-state index contributed by atoms with van der Waals surface area (Å²) in [4.78, 5) is 15.2. The molecule has 0 spiro atoms. The molecular weight excluding hydrogens is 268 g/mol. The first kappa shape index (κ1) is 14.0. The van der Waals surface area contributed by atoms with Gasteiger partial charge in [0.1, 0.15) is 0 Å². The van der Waals surface area contributed by atoms with Crippen LogP contribution < -0.4 is 5.32 Å². The van der Waals surface area contributed by atoms with Crippen molar-refractivity contribution in [1.82, 2.24) is 10.2 Å². The largest absolute Gasteiger partial charge is 0.341 e. The van der Waals surface area contributed by atoms with Gasteiger partial charge in [0, 0.05) is 36.5 Å². The number of benzene rings is 1. The van der Waals surface area contributed by atoms with Crippen LogP contribution in [0.25, 0.3) is 0 Å². The first-order valence-corrected chi connectivity index (χ1v) is 8.52. The normalized spacial score (nSPS) is 25.6. The van der Waals surface area contributed by atoms with Crippen LogP contribution >= 0.6 is 11.8 Å². The molecule has 0 radical (unpaired) electrons. The minimum absolute atomic E-state index is 0.286. The van der Waals surface area contributed by atoms with Crippen LogP contribution in [0, 0.1) is 0 Å². The lowest BCUT2D eigenvalue weighted by Gasteiger charge is -2.28. The Morgan fingerprint density at radius 2 is 2.25 bits per heavy atom. The van der Waals surface area contributed by atoms with E-state index in [1.807, 2.05) is 23.6 Å². The maximum atomic E-state index is 11.7. The van der Waals surface area contributed by atoms with Crippen LogP contribution in [0.5, 0.6) is 0 Å². The topological polar surface area (TPSA) is 32.3 Å². The van der Waals surface area contributed by atoms with E-state index in [0.29, 0.717) is 18.5 Å². The van der Waals surface area contributed by atoms with Gasteiger partial charge in [-0.15, -0.1) is 11.8 Å². The summed E-state index contributed by atoms with van der Waals surface area (Å²) in [5, 5.41) is 3.78. The fourth-order valence-electron chi connectivity index (χ4n) is 3.15. The monoisotopic (exact) mass is 290 g/mol. The lowest BCUT2D eigenvalue weighted by molar-refractivity contribution is -0.129. The number of carbonyl (C=O) groups is 1. The Hall–Kier alpha value is -1.00. The van der Waals surface area contributed by atoms with Crippen molar-refractivity contribution >= 4 is 17.7 Å². The number of nitrogens with zero attached hydrogens (tertiary/aromatic N) is 1. The smallest absolute Gasteiger partial charge is 0.222 e. The number of likely N-dealkylation sites (tertiary alicyclic amines) is 1. The van der Waals surface area contributed by atoms with Crippen LogP contribution in [0.4, 0.5) is 0 Å². The van der Waals surface area contributed by atoms with E-state index >= 15 is 0 Å². The van der Waals surface area contributed by atoms with E-state index in [1.165, 1.54) is 22.6 Å². The van der Waals surface area contributed by atoms with E-state index in [-0.39, 0.29) is 5.91 Å². The molecule has 1 amide bonds. The SMILES string of the molecule is CCC(=O)N1CCC(NC2CCSc3ccccc32)C1. The van der Waals surface area contributed by atoms with Crippen molar-refractivity contribution in [3.8, 4) is 0 Å². The second-order valence-electron chi connectivity index (χ2n) is 5.57. The van der Waals surface area contributed by atoms with E-state index in [1.54, 1.807) is 0 Å². The predicted octanol–water partition coefficient (Wildman–Crippen LogP) is 2.82. The molecule has 1 N–H and O–H groups in total. The van der Waals surface area contributed by atoms with Crippen LogP contribution in [0.2, 0.25) is 0 Å². The van der Waals surface area contributed by atoms with Gasteiger partial charge in [0.15, 0.2) is 0 Å². The van der Waals surface area contributed by atoms with Gasteiger partial charge in [0.25, 0.3) is 0 Å². The summed E-state index contributed by atoms with van der Waals surface area (Å²) in [5.41, 5.74) is 1.43. The third-order valence-electron chi connectivity index (χ3n) is 4.24. The fourth-order valence-corrected chi connectivity index (χ4v) is 4.27. The number of fused-ring (bicyclic) bond motifs is 1. The first-order valence-electron chi connectivity index (χ1n) is 7.53.